The Balaban J connectivity index is 2.09. The van der Waals surface area contributed by atoms with E-state index in [0.717, 1.165) is 31.6 Å². The molecule has 1 fully saturated rings. The van der Waals surface area contributed by atoms with E-state index in [4.69, 9.17) is 5.11 Å². The number of hydrogen-bond acceptors (Lipinski definition) is 5. The second-order valence-electron chi connectivity index (χ2n) is 5.08. The highest BCUT2D eigenvalue weighted by Gasteiger charge is 2.16. The molecule has 2 N–H and O–H groups in total. The molecule has 2 rings (SSSR count). The summed E-state index contributed by atoms with van der Waals surface area (Å²) in [5.74, 6) is 0.444. The van der Waals surface area contributed by atoms with Crippen molar-refractivity contribution in [2.24, 2.45) is 0 Å². The monoisotopic (exact) mass is 278 g/mol. The molecular formula is C14H22N4O2. The van der Waals surface area contributed by atoms with Crippen LogP contribution < -0.4 is 10.2 Å². The van der Waals surface area contributed by atoms with Crippen LogP contribution in [0.25, 0.3) is 0 Å². The molecule has 6 nitrogen and oxygen atoms in total. The summed E-state index contributed by atoms with van der Waals surface area (Å²) in [5, 5.41) is 11.5. The molecule has 2 heterocycles. The van der Waals surface area contributed by atoms with E-state index in [0.29, 0.717) is 24.6 Å². The van der Waals surface area contributed by atoms with Gasteiger partial charge in [0.05, 0.1) is 0 Å². The van der Waals surface area contributed by atoms with Gasteiger partial charge in [0.25, 0.3) is 5.91 Å². The Bertz CT molecular complexity index is 458. The lowest BCUT2D eigenvalue weighted by molar-refractivity contribution is 0.0946. The van der Waals surface area contributed by atoms with Crippen molar-refractivity contribution in [3.05, 3.63) is 17.5 Å². The van der Waals surface area contributed by atoms with Crippen LogP contribution in [0.3, 0.4) is 0 Å². The van der Waals surface area contributed by atoms with E-state index in [-0.39, 0.29) is 12.5 Å². The zero-order valence-electron chi connectivity index (χ0n) is 11.9. The third-order valence-corrected chi connectivity index (χ3v) is 3.33. The predicted molar refractivity (Wildman–Crippen MR) is 76.9 cm³/mol. The van der Waals surface area contributed by atoms with Crippen molar-refractivity contribution in [1.29, 1.82) is 0 Å². The highest BCUT2D eigenvalue weighted by molar-refractivity contribution is 5.92. The molecule has 6 heteroatoms. The quantitative estimate of drug-likeness (QED) is 0.782. The van der Waals surface area contributed by atoms with Gasteiger partial charge in [0.2, 0.25) is 5.95 Å². The SMILES string of the molecule is Cc1cc(C(=O)NCCCO)nc(N2CCCCC2)n1. The van der Waals surface area contributed by atoms with E-state index in [1.165, 1.54) is 6.42 Å². The van der Waals surface area contributed by atoms with Crippen molar-refractivity contribution in [1.82, 2.24) is 15.3 Å². The average molecular weight is 278 g/mol. The Labute approximate surface area is 119 Å². The number of nitrogens with zero attached hydrogens (tertiary/aromatic N) is 3. The Morgan fingerprint density at radius 1 is 1.35 bits per heavy atom. The van der Waals surface area contributed by atoms with Crippen LogP contribution in [0.1, 0.15) is 41.9 Å². The summed E-state index contributed by atoms with van der Waals surface area (Å²) < 4.78 is 0. The van der Waals surface area contributed by atoms with Gasteiger partial charge in [-0.1, -0.05) is 0 Å². The van der Waals surface area contributed by atoms with Crippen LogP contribution in [0.15, 0.2) is 6.07 Å². The molecule has 1 saturated heterocycles. The largest absolute Gasteiger partial charge is 0.396 e. The lowest BCUT2D eigenvalue weighted by Crippen LogP contribution is -2.32. The normalized spacial score (nSPS) is 15.2. The van der Waals surface area contributed by atoms with Gasteiger partial charge in [-0.3, -0.25) is 4.79 Å². The second kappa shape index (κ2) is 7.19. The van der Waals surface area contributed by atoms with Gasteiger partial charge < -0.3 is 15.3 Å². The van der Waals surface area contributed by atoms with Crippen LogP contribution in [0, 0.1) is 6.92 Å². The van der Waals surface area contributed by atoms with Crippen molar-refractivity contribution in [3.63, 3.8) is 0 Å². The predicted octanol–water partition coefficient (Wildman–Crippen LogP) is 0.888. The summed E-state index contributed by atoms with van der Waals surface area (Å²) in [4.78, 5) is 23.0. The molecule has 0 saturated carbocycles. The average Bonchev–Trinajstić information content (AvgIpc) is 2.47. The topological polar surface area (TPSA) is 78.3 Å². The Morgan fingerprint density at radius 3 is 2.80 bits per heavy atom. The first-order valence-corrected chi connectivity index (χ1v) is 7.20. The van der Waals surface area contributed by atoms with Crippen LogP contribution in [-0.2, 0) is 0 Å². The number of aliphatic hydroxyl groups is 1. The zero-order valence-corrected chi connectivity index (χ0v) is 11.9. The van der Waals surface area contributed by atoms with Gasteiger partial charge in [-0.15, -0.1) is 0 Å². The number of carbonyl (C=O) groups excluding carboxylic acids is 1. The summed E-state index contributed by atoms with van der Waals surface area (Å²) >= 11 is 0. The van der Waals surface area contributed by atoms with Crippen molar-refractivity contribution < 1.29 is 9.90 Å². The summed E-state index contributed by atoms with van der Waals surface area (Å²) in [5.41, 5.74) is 1.20. The molecule has 1 amide bonds. The molecule has 1 aromatic rings. The highest BCUT2D eigenvalue weighted by Crippen LogP contribution is 2.16. The first-order valence-electron chi connectivity index (χ1n) is 7.20. The summed E-state index contributed by atoms with van der Waals surface area (Å²) in [6, 6.07) is 1.70. The maximum atomic E-state index is 12.0. The molecule has 0 aromatic carbocycles. The smallest absolute Gasteiger partial charge is 0.270 e. The van der Waals surface area contributed by atoms with Gasteiger partial charge in [0, 0.05) is 31.9 Å². The van der Waals surface area contributed by atoms with Crippen LogP contribution in [-0.4, -0.2) is 47.2 Å². The van der Waals surface area contributed by atoms with Crippen molar-refractivity contribution in [2.45, 2.75) is 32.6 Å². The van der Waals surface area contributed by atoms with Gasteiger partial charge >= 0.3 is 0 Å². The van der Waals surface area contributed by atoms with Crippen molar-refractivity contribution >= 4 is 11.9 Å². The molecule has 1 aliphatic heterocycles. The molecule has 0 unspecified atom stereocenters. The number of nitrogens with one attached hydrogen (secondary N) is 1. The molecule has 0 aliphatic carbocycles. The molecule has 0 bridgehead atoms. The van der Waals surface area contributed by atoms with E-state index in [1.807, 2.05) is 6.92 Å². The lowest BCUT2D eigenvalue weighted by Gasteiger charge is -2.27. The van der Waals surface area contributed by atoms with Crippen molar-refractivity contribution in [3.8, 4) is 0 Å². The summed E-state index contributed by atoms with van der Waals surface area (Å²) in [7, 11) is 0. The fourth-order valence-corrected chi connectivity index (χ4v) is 2.28. The number of amides is 1. The Morgan fingerprint density at radius 2 is 2.10 bits per heavy atom. The highest BCUT2D eigenvalue weighted by atomic mass is 16.3. The number of hydrogen-bond donors (Lipinski definition) is 2. The van der Waals surface area contributed by atoms with Gasteiger partial charge in [-0.05, 0) is 38.7 Å². The third kappa shape index (κ3) is 3.90. The number of carbonyl (C=O) groups is 1. The lowest BCUT2D eigenvalue weighted by atomic mass is 10.1. The first-order chi connectivity index (χ1) is 9.70. The fourth-order valence-electron chi connectivity index (χ4n) is 2.28. The van der Waals surface area contributed by atoms with E-state index in [1.54, 1.807) is 6.07 Å². The van der Waals surface area contributed by atoms with Crippen LogP contribution in [0.2, 0.25) is 0 Å². The summed E-state index contributed by atoms with van der Waals surface area (Å²) in [6.45, 7) is 4.31. The molecule has 110 valence electrons. The zero-order chi connectivity index (χ0) is 14.4. The maximum Gasteiger partial charge on any atom is 0.270 e. The van der Waals surface area contributed by atoms with E-state index in [9.17, 15) is 4.79 Å². The van der Waals surface area contributed by atoms with Gasteiger partial charge in [-0.25, -0.2) is 9.97 Å². The van der Waals surface area contributed by atoms with E-state index < -0.39 is 0 Å². The number of aliphatic hydroxyl groups excluding tert-OH is 1. The maximum absolute atomic E-state index is 12.0. The Kier molecular flexibility index (Phi) is 5.29. The standard InChI is InChI=1S/C14H22N4O2/c1-11-10-12(13(20)15-6-5-9-19)17-14(16-11)18-7-3-2-4-8-18/h10,19H,2-9H2,1H3,(H,15,20). The molecule has 1 aliphatic rings. The molecule has 1 aromatic heterocycles. The minimum Gasteiger partial charge on any atom is -0.396 e. The minimum atomic E-state index is -0.206. The molecule has 20 heavy (non-hydrogen) atoms. The van der Waals surface area contributed by atoms with Gasteiger partial charge in [0.1, 0.15) is 5.69 Å². The minimum absolute atomic E-state index is 0.0715. The molecule has 0 atom stereocenters. The second-order valence-corrected chi connectivity index (χ2v) is 5.08. The fraction of sp³-hybridized carbons (Fsp3) is 0.643. The number of anilines is 1. The van der Waals surface area contributed by atoms with Gasteiger partial charge in [-0.2, -0.15) is 0 Å². The van der Waals surface area contributed by atoms with E-state index in [2.05, 4.69) is 20.2 Å². The number of piperidine rings is 1. The summed E-state index contributed by atoms with van der Waals surface area (Å²) in [6.07, 6.45) is 4.09. The molecular weight excluding hydrogens is 256 g/mol. The van der Waals surface area contributed by atoms with E-state index >= 15 is 0 Å². The van der Waals surface area contributed by atoms with Crippen LogP contribution in [0.5, 0.6) is 0 Å². The van der Waals surface area contributed by atoms with Gasteiger partial charge in [0.15, 0.2) is 0 Å². The third-order valence-electron chi connectivity index (χ3n) is 3.33. The Hall–Kier alpha value is -1.69. The number of rotatable bonds is 5. The molecule has 0 spiro atoms. The first kappa shape index (κ1) is 14.7. The number of aryl methyl sites for hydroxylation is 1. The van der Waals surface area contributed by atoms with Crippen LogP contribution in [0.4, 0.5) is 5.95 Å². The number of aromatic nitrogens is 2. The molecule has 0 radical (unpaired) electrons. The van der Waals surface area contributed by atoms with Crippen LogP contribution >= 0.6 is 0 Å². The van der Waals surface area contributed by atoms with Crippen molar-refractivity contribution in [2.75, 3.05) is 31.1 Å².